The Morgan fingerprint density at radius 3 is 2.50 bits per heavy atom. The molecule has 5 heteroatoms. The molecule has 0 spiro atoms. The van der Waals surface area contributed by atoms with Crippen molar-refractivity contribution in [1.82, 2.24) is 0 Å². The first-order valence-electron chi connectivity index (χ1n) is 5.08. The van der Waals surface area contributed by atoms with Gasteiger partial charge in [-0.1, -0.05) is 22.0 Å². The molecule has 0 saturated heterocycles. The second kappa shape index (κ2) is 3.88. The maximum absolute atomic E-state index is 13.6. The predicted molar refractivity (Wildman–Crippen MR) is 67.6 cm³/mol. The van der Waals surface area contributed by atoms with Gasteiger partial charge in [0.1, 0.15) is 0 Å². The molecule has 3 aromatic rings. The van der Waals surface area contributed by atoms with Crippen molar-refractivity contribution in [3.05, 3.63) is 56.9 Å². The normalized spacial score (nSPS) is 11.3. The van der Waals surface area contributed by atoms with Crippen molar-refractivity contribution in [2.75, 3.05) is 0 Å². The van der Waals surface area contributed by atoms with Gasteiger partial charge in [-0.25, -0.2) is 9.18 Å². The van der Waals surface area contributed by atoms with Crippen LogP contribution in [0.5, 0.6) is 0 Å². The summed E-state index contributed by atoms with van der Waals surface area (Å²) >= 11 is 3.24. The minimum absolute atomic E-state index is 0.322. The molecule has 0 aliphatic carbocycles. The summed E-state index contributed by atoms with van der Waals surface area (Å²) in [6, 6.07) is 7.38. The molecule has 0 atom stereocenters. The van der Waals surface area contributed by atoms with E-state index in [9.17, 15) is 13.6 Å². The lowest BCUT2D eigenvalue weighted by Crippen LogP contribution is -2.01. The zero-order valence-electron chi connectivity index (χ0n) is 8.84. The van der Waals surface area contributed by atoms with E-state index in [0.717, 1.165) is 6.07 Å². The molecule has 0 N–H and O–H groups in total. The van der Waals surface area contributed by atoms with Crippen molar-refractivity contribution in [3.63, 3.8) is 0 Å². The maximum Gasteiger partial charge on any atom is 0.344 e. The molecule has 0 aliphatic heterocycles. The summed E-state index contributed by atoms with van der Waals surface area (Å²) in [7, 11) is 0. The Kier molecular flexibility index (Phi) is 2.45. The van der Waals surface area contributed by atoms with Gasteiger partial charge in [0.25, 0.3) is 0 Å². The smallest absolute Gasteiger partial charge is 0.344 e. The Morgan fingerprint density at radius 2 is 1.72 bits per heavy atom. The lowest BCUT2D eigenvalue weighted by atomic mass is 10.1. The lowest BCUT2D eigenvalue weighted by Gasteiger charge is -2.04. The molecule has 0 unspecified atom stereocenters. The third-order valence-electron chi connectivity index (χ3n) is 2.74. The molecule has 0 fully saturated rings. The summed E-state index contributed by atoms with van der Waals surface area (Å²) < 4.78 is 32.2. The quantitative estimate of drug-likeness (QED) is 0.464. The van der Waals surface area contributed by atoms with E-state index in [1.54, 1.807) is 18.2 Å². The van der Waals surface area contributed by atoms with Gasteiger partial charge in [0.05, 0.1) is 5.39 Å². The number of halogens is 3. The average Bonchev–Trinajstić information content (AvgIpc) is 2.35. The van der Waals surface area contributed by atoms with Gasteiger partial charge in [0, 0.05) is 15.2 Å². The largest absolute Gasteiger partial charge is 0.419 e. The van der Waals surface area contributed by atoms with Crippen molar-refractivity contribution in [2.45, 2.75) is 0 Å². The number of rotatable bonds is 0. The topological polar surface area (TPSA) is 30.2 Å². The summed E-state index contributed by atoms with van der Waals surface area (Å²) in [6.45, 7) is 0. The van der Waals surface area contributed by atoms with Crippen LogP contribution in [0.1, 0.15) is 0 Å². The molecule has 3 rings (SSSR count). The Labute approximate surface area is 108 Å². The number of hydrogen-bond acceptors (Lipinski definition) is 2. The first-order valence-corrected chi connectivity index (χ1v) is 5.87. The van der Waals surface area contributed by atoms with Gasteiger partial charge in [-0.3, -0.25) is 0 Å². The van der Waals surface area contributed by atoms with Gasteiger partial charge in [-0.2, -0.15) is 4.39 Å². The summed E-state index contributed by atoms with van der Waals surface area (Å²) in [4.78, 5) is 11.7. The van der Waals surface area contributed by atoms with E-state index >= 15 is 0 Å². The van der Waals surface area contributed by atoms with Crippen LogP contribution < -0.4 is 5.63 Å². The predicted octanol–water partition coefficient (Wildman–Crippen LogP) is 3.99. The highest BCUT2D eigenvalue weighted by atomic mass is 79.9. The molecule has 0 saturated carbocycles. The fourth-order valence-corrected chi connectivity index (χ4v) is 2.27. The van der Waals surface area contributed by atoms with E-state index in [-0.39, 0.29) is 5.58 Å². The van der Waals surface area contributed by atoms with E-state index in [1.165, 1.54) is 6.07 Å². The molecular weight excluding hydrogens is 306 g/mol. The maximum atomic E-state index is 13.6. The Hall–Kier alpha value is -1.75. The highest BCUT2D eigenvalue weighted by molar-refractivity contribution is 9.10. The summed E-state index contributed by atoms with van der Waals surface area (Å²) in [6.07, 6.45) is 0. The van der Waals surface area contributed by atoms with Crippen LogP contribution in [0, 0.1) is 11.6 Å². The van der Waals surface area contributed by atoms with Gasteiger partial charge in [0.2, 0.25) is 5.82 Å². The van der Waals surface area contributed by atoms with Crippen LogP contribution in [0.4, 0.5) is 8.78 Å². The minimum Gasteiger partial charge on any atom is -0.419 e. The molecule has 18 heavy (non-hydrogen) atoms. The van der Waals surface area contributed by atoms with Crippen LogP contribution in [-0.2, 0) is 0 Å². The number of fused-ring (bicyclic) bond motifs is 3. The van der Waals surface area contributed by atoms with Crippen LogP contribution in [0.15, 0.2) is 44.0 Å². The average molecular weight is 311 g/mol. The van der Waals surface area contributed by atoms with Crippen LogP contribution in [0.25, 0.3) is 21.7 Å². The third kappa shape index (κ3) is 1.54. The Morgan fingerprint density at radius 1 is 1.00 bits per heavy atom. The highest BCUT2D eigenvalue weighted by Crippen LogP contribution is 2.27. The van der Waals surface area contributed by atoms with Crippen molar-refractivity contribution in [3.8, 4) is 0 Å². The number of benzene rings is 2. The Bertz CT molecular complexity index is 840. The molecular formula is C13H5BrF2O2. The number of hydrogen-bond donors (Lipinski definition) is 0. The van der Waals surface area contributed by atoms with Crippen LogP contribution in [-0.4, -0.2) is 0 Å². The zero-order chi connectivity index (χ0) is 12.9. The second-order valence-corrected chi connectivity index (χ2v) is 4.73. The van der Waals surface area contributed by atoms with Crippen LogP contribution in [0.3, 0.4) is 0 Å². The van der Waals surface area contributed by atoms with E-state index < -0.39 is 17.3 Å². The van der Waals surface area contributed by atoms with Crippen molar-refractivity contribution < 1.29 is 13.2 Å². The first kappa shape index (κ1) is 11.3. The summed E-state index contributed by atoms with van der Waals surface area (Å²) in [5.74, 6) is -2.18. The van der Waals surface area contributed by atoms with Crippen LogP contribution >= 0.6 is 15.9 Å². The summed E-state index contributed by atoms with van der Waals surface area (Å²) in [5, 5.41) is 1.22. The van der Waals surface area contributed by atoms with E-state index in [4.69, 9.17) is 4.42 Å². The highest BCUT2D eigenvalue weighted by Gasteiger charge is 2.14. The van der Waals surface area contributed by atoms with Gasteiger partial charge in [-0.05, 0) is 24.3 Å². The minimum atomic E-state index is -1.14. The SMILES string of the molecule is O=c1oc2c(F)c(F)ccc2c2ccc(Br)cc12. The van der Waals surface area contributed by atoms with Crippen molar-refractivity contribution in [1.29, 1.82) is 0 Å². The van der Waals surface area contributed by atoms with Gasteiger partial charge in [-0.15, -0.1) is 0 Å². The Balaban J connectivity index is 2.63. The monoisotopic (exact) mass is 310 g/mol. The van der Waals surface area contributed by atoms with E-state index in [2.05, 4.69) is 15.9 Å². The molecule has 2 aromatic carbocycles. The van der Waals surface area contributed by atoms with Gasteiger partial charge in [0.15, 0.2) is 11.4 Å². The fraction of sp³-hybridized carbons (Fsp3) is 0. The molecule has 1 heterocycles. The van der Waals surface area contributed by atoms with E-state index in [0.29, 0.717) is 20.6 Å². The zero-order valence-corrected chi connectivity index (χ0v) is 10.4. The fourth-order valence-electron chi connectivity index (χ4n) is 1.91. The van der Waals surface area contributed by atoms with Crippen LogP contribution in [0.2, 0.25) is 0 Å². The molecule has 0 bridgehead atoms. The van der Waals surface area contributed by atoms with E-state index in [1.807, 2.05) is 0 Å². The molecule has 0 aliphatic rings. The molecule has 1 aromatic heterocycles. The van der Waals surface area contributed by atoms with Crippen molar-refractivity contribution in [2.24, 2.45) is 0 Å². The third-order valence-corrected chi connectivity index (χ3v) is 3.23. The van der Waals surface area contributed by atoms with Gasteiger partial charge >= 0.3 is 5.63 Å². The standard InChI is InChI=1S/C13H5BrF2O2/c14-6-1-2-7-8-3-4-10(15)11(16)12(8)18-13(17)9(7)5-6/h1-5H. The molecule has 0 radical (unpaired) electrons. The summed E-state index contributed by atoms with van der Waals surface area (Å²) in [5.41, 5.74) is -1.04. The molecule has 0 amide bonds. The first-order chi connectivity index (χ1) is 8.58. The second-order valence-electron chi connectivity index (χ2n) is 3.82. The van der Waals surface area contributed by atoms with Crippen molar-refractivity contribution >= 4 is 37.7 Å². The lowest BCUT2D eigenvalue weighted by molar-refractivity contribution is 0.480. The molecule has 90 valence electrons. The van der Waals surface area contributed by atoms with Gasteiger partial charge < -0.3 is 4.42 Å². The molecule has 2 nitrogen and oxygen atoms in total.